The Balaban J connectivity index is 1.34. The van der Waals surface area contributed by atoms with Crippen molar-refractivity contribution in [3.63, 3.8) is 0 Å². The predicted octanol–water partition coefficient (Wildman–Crippen LogP) is 6.54. The van der Waals surface area contributed by atoms with Crippen LogP contribution < -0.4 is 15.1 Å². The number of aryl methyl sites for hydroxylation is 1. The zero-order valence-electron chi connectivity index (χ0n) is 23.8. The quantitative estimate of drug-likeness (QED) is 0.246. The van der Waals surface area contributed by atoms with Gasteiger partial charge in [0.15, 0.2) is 0 Å². The van der Waals surface area contributed by atoms with Gasteiger partial charge >= 0.3 is 12.1 Å². The van der Waals surface area contributed by atoms with Crippen LogP contribution in [-0.4, -0.2) is 42.5 Å². The Morgan fingerprint density at radius 1 is 0.951 bits per heavy atom. The summed E-state index contributed by atoms with van der Waals surface area (Å²) in [5.41, 5.74) is 6.27. The zero-order chi connectivity index (χ0) is 29.2. The number of nitrogens with zero attached hydrogens (tertiary/aromatic N) is 1. The molecule has 1 aliphatic rings. The molecule has 0 aliphatic carbocycles. The summed E-state index contributed by atoms with van der Waals surface area (Å²) in [4.78, 5) is 29.0. The van der Waals surface area contributed by atoms with E-state index in [-0.39, 0.29) is 18.6 Å². The highest BCUT2D eigenvalue weighted by Gasteiger charge is 2.23. The Morgan fingerprint density at radius 2 is 1.68 bits per heavy atom. The van der Waals surface area contributed by atoms with E-state index in [1.807, 2.05) is 49.5 Å². The fourth-order valence-electron chi connectivity index (χ4n) is 4.61. The van der Waals surface area contributed by atoms with Crippen molar-refractivity contribution >= 4 is 17.7 Å². The van der Waals surface area contributed by atoms with Crippen LogP contribution in [0.4, 0.5) is 10.5 Å². The van der Waals surface area contributed by atoms with Crippen LogP contribution in [0.1, 0.15) is 44.7 Å². The van der Waals surface area contributed by atoms with Crippen LogP contribution in [0, 0.1) is 0 Å². The predicted molar refractivity (Wildman–Crippen MR) is 159 cm³/mol. The summed E-state index contributed by atoms with van der Waals surface area (Å²) in [5, 5.41) is 13.7. The Labute approximate surface area is 241 Å². The maximum Gasteiger partial charge on any atom is 0.407 e. The van der Waals surface area contributed by atoms with Crippen molar-refractivity contribution in [3.05, 3.63) is 95.7 Å². The molecule has 0 saturated heterocycles. The summed E-state index contributed by atoms with van der Waals surface area (Å²) in [6.45, 7) is 6.45. The molecule has 1 aliphatic heterocycles. The minimum atomic E-state index is -0.850. The van der Waals surface area contributed by atoms with Gasteiger partial charge in [0.2, 0.25) is 0 Å². The number of nitrogens with one attached hydrogen (secondary N) is 1. The first-order valence-corrected chi connectivity index (χ1v) is 14.0. The van der Waals surface area contributed by atoms with E-state index in [4.69, 9.17) is 19.4 Å². The first-order chi connectivity index (χ1) is 19.8. The van der Waals surface area contributed by atoms with Gasteiger partial charge in [-0.05, 0) is 85.7 Å². The SMILES string of the molecule is CC(C)OC(=O)NCCc1cc(OCCC2=CN(c3ccc(-c4ccccc4)cc3)OC2C)ccc1CCC(=O)O. The number of hydrogen-bond donors (Lipinski definition) is 2. The molecule has 2 N–H and O–H groups in total. The maximum atomic E-state index is 11.8. The summed E-state index contributed by atoms with van der Waals surface area (Å²) in [5.74, 6) is -0.151. The second-order valence-electron chi connectivity index (χ2n) is 10.2. The van der Waals surface area contributed by atoms with Gasteiger partial charge in [-0.15, -0.1) is 0 Å². The third kappa shape index (κ3) is 8.85. The standard InChI is InChI=1S/C33H38N2O6/c1-23(2)40-33(38)34-19-17-28-21-31(15-11-27(28)12-16-32(36)37)39-20-18-29-22-35(41-24(29)3)30-13-9-26(10-14-30)25-7-5-4-6-8-25/h4-11,13-15,21-24H,12,16-20H2,1-3H3,(H,34,38)(H,36,37). The summed E-state index contributed by atoms with van der Waals surface area (Å²) < 4.78 is 11.2. The number of aliphatic carboxylic acids is 1. The number of hydrogen-bond acceptors (Lipinski definition) is 6. The second kappa shape index (κ2) is 14.4. The van der Waals surface area contributed by atoms with Crippen molar-refractivity contribution in [1.29, 1.82) is 0 Å². The Morgan fingerprint density at radius 3 is 2.39 bits per heavy atom. The van der Waals surface area contributed by atoms with E-state index in [1.54, 1.807) is 18.9 Å². The molecule has 0 fully saturated rings. The molecule has 1 heterocycles. The van der Waals surface area contributed by atoms with Crippen LogP contribution in [0.3, 0.4) is 0 Å². The van der Waals surface area contributed by atoms with Crippen molar-refractivity contribution in [2.24, 2.45) is 0 Å². The number of anilines is 1. The summed E-state index contributed by atoms with van der Waals surface area (Å²) in [6.07, 6.45) is 2.95. The molecule has 0 saturated carbocycles. The van der Waals surface area contributed by atoms with Gasteiger partial charge in [0.25, 0.3) is 0 Å². The number of carbonyl (C=O) groups is 2. The molecular formula is C33H38N2O6. The fraction of sp³-hybridized carbons (Fsp3) is 0.333. The van der Waals surface area contributed by atoms with Crippen molar-refractivity contribution in [1.82, 2.24) is 5.32 Å². The molecule has 0 radical (unpaired) electrons. The van der Waals surface area contributed by atoms with Crippen molar-refractivity contribution in [2.75, 3.05) is 18.2 Å². The molecule has 41 heavy (non-hydrogen) atoms. The fourth-order valence-corrected chi connectivity index (χ4v) is 4.61. The van der Waals surface area contributed by atoms with Gasteiger partial charge in [0.05, 0.1) is 18.4 Å². The lowest BCUT2D eigenvalue weighted by atomic mass is 10.00. The summed E-state index contributed by atoms with van der Waals surface area (Å²) in [7, 11) is 0. The van der Waals surface area contributed by atoms with Gasteiger partial charge in [-0.1, -0.05) is 48.5 Å². The lowest BCUT2D eigenvalue weighted by Gasteiger charge is -2.17. The Hall–Kier alpha value is -4.30. The highest BCUT2D eigenvalue weighted by Crippen LogP contribution is 2.30. The van der Waals surface area contributed by atoms with Crippen LogP contribution in [0.25, 0.3) is 11.1 Å². The van der Waals surface area contributed by atoms with Crippen LogP contribution in [0.2, 0.25) is 0 Å². The lowest BCUT2D eigenvalue weighted by molar-refractivity contribution is -0.136. The van der Waals surface area contributed by atoms with E-state index >= 15 is 0 Å². The van der Waals surface area contributed by atoms with Crippen LogP contribution >= 0.6 is 0 Å². The number of benzene rings is 3. The molecular weight excluding hydrogens is 520 g/mol. The van der Waals surface area contributed by atoms with Crippen molar-refractivity contribution in [2.45, 2.75) is 58.7 Å². The van der Waals surface area contributed by atoms with E-state index in [1.165, 1.54) is 5.56 Å². The molecule has 1 atom stereocenters. The monoisotopic (exact) mass is 558 g/mol. The molecule has 4 rings (SSSR count). The smallest absolute Gasteiger partial charge is 0.407 e. The van der Waals surface area contributed by atoms with Crippen LogP contribution in [0.15, 0.2) is 84.6 Å². The topological polar surface area (TPSA) is 97.3 Å². The first-order valence-electron chi connectivity index (χ1n) is 14.0. The normalized spacial score (nSPS) is 14.6. The average molecular weight is 559 g/mol. The molecule has 8 nitrogen and oxygen atoms in total. The Kier molecular flexibility index (Phi) is 10.4. The number of ether oxygens (including phenoxy) is 2. The summed E-state index contributed by atoms with van der Waals surface area (Å²) in [6, 6.07) is 24.2. The molecule has 1 amide bonds. The zero-order valence-corrected chi connectivity index (χ0v) is 23.8. The molecule has 3 aromatic carbocycles. The van der Waals surface area contributed by atoms with E-state index in [2.05, 4.69) is 41.7 Å². The molecule has 0 spiro atoms. The second-order valence-corrected chi connectivity index (χ2v) is 10.2. The molecule has 8 heteroatoms. The van der Waals surface area contributed by atoms with Crippen molar-refractivity contribution < 1.29 is 29.0 Å². The van der Waals surface area contributed by atoms with Gasteiger partial charge in [-0.25, -0.2) is 9.86 Å². The summed E-state index contributed by atoms with van der Waals surface area (Å²) >= 11 is 0. The highest BCUT2D eigenvalue weighted by atomic mass is 16.7. The molecule has 0 aromatic heterocycles. The minimum Gasteiger partial charge on any atom is -0.493 e. The average Bonchev–Trinajstić information content (AvgIpc) is 3.32. The van der Waals surface area contributed by atoms with Crippen LogP contribution in [-0.2, 0) is 27.2 Å². The largest absolute Gasteiger partial charge is 0.493 e. The molecule has 1 unspecified atom stereocenters. The highest BCUT2D eigenvalue weighted by molar-refractivity contribution is 5.68. The Bertz CT molecular complexity index is 1340. The number of alkyl carbamates (subject to hydrolysis) is 1. The van der Waals surface area contributed by atoms with Crippen LogP contribution in [0.5, 0.6) is 5.75 Å². The number of amides is 1. The third-order valence-electron chi connectivity index (χ3n) is 6.76. The number of carboxylic acids is 1. The lowest BCUT2D eigenvalue weighted by Crippen LogP contribution is -2.28. The third-order valence-corrected chi connectivity index (χ3v) is 6.76. The van der Waals surface area contributed by atoms with Gasteiger partial charge in [0, 0.05) is 25.6 Å². The van der Waals surface area contributed by atoms with E-state index in [0.29, 0.717) is 38.2 Å². The molecule has 216 valence electrons. The van der Waals surface area contributed by atoms with Gasteiger partial charge in [-0.2, -0.15) is 0 Å². The number of hydroxylamine groups is 1. The first kappa shape index (κ1) is 29.7. The van der Waals surface area contributed by atoms with Crippen molar-refractivity contribution in [3.8, 4) is 16.9 Å². The number of carboxylic acid groups (broad SMARTS) is 1. The maximum absolute atomic E-state index is 11.8. The molecule has 3 aromatic rings. The number of rotatable bonds is 13. The van der Waals surface area contributed by atoms with Gasteiger partial charge < -0.3 is 19.9 Å². The molecule has 0 bridgehead atoms. The van der Waals surface area contributed by atoms with E-state index < -0.39 is 12.1 Å². The van der Waals surface area contributed by atoms with Gasteiger partial charge in [-0.3, -0.25) is 9.63 Å². The van der Waals surface area contributed by atoms with Gasteiger partial charge in [0.1, 0.15) is 11.9 Å². The van der Waals surface area contributed by atoms with E-state index in [0.717, 1.165) is 28.0 Å². The minimum absolute atomic E-state index is 0.0353. The van der Waals surface area contributed by atoms with E-state index in [9.17, 15) is 9.59 Å². The number of carbonyl (C=O) groups excluding carboxylic acids is 1.